The van der Waals surface area contributed by atoms with Gasteiger partial charge in [0.1, 0.15) is 0 Å². The van der Waals surface area contributed by atoms with E-state index >= 15 is 0 Å². The SMILES string of the molecule is CCc1noc(CN(C)C(=O)c2cc(F)c(F)c(O)c2F)n1. The van der Waals surface area contributed by atoms with Crippen molar-refractivity contribution in [1.29, 1.82) is 0 Å². The second-order valence-electron chi connectivity index (χ2n) is 4.50. The topological polar surface area (TPSA) is 79.5 Å². The van der Waals surface area contributed by atoms with Crippen molar-refractivity contribution in [3.63, 3.8) is 0 Å². The smallest absolute Gasteiger partial charge is 0.257 e. The summed E-state index contributed by atoms with van der Waals surface area (Å²) in [6.07, 6.45) is 0.535. The fourth-order valence-electron chi connectivity index (χ4n) is 1.72. The molecule has 0 radical (unpaired) electrons. The van der Waals surface area contributed by atoms with Crippen molar-refractivity contribution in [1.82, 2.24) is 15.0 Å². The molecule has 0 aliphatic carbocycles. The molecule has 6 nitrogen and oxygen atoms in total. The third-order valence-electron chi connectivity index (χ3n) is 2.91. The molecule has 1 N–H and O–H groups in total. The van der Waals surface area contributed by atoms with Crippen molar-refractivity contribution in [3.05, 3.63) is 40.8 Å². The number of phenolic OH excluding ortho intramolecular Hbond substituents is 1. The number of amides is 1. The molecular formula is C13H12F3N3O3. The molecule has 0 atom stereocenters. The number of carbonyl (C=O) groups is 1. The molecule has 0 fully saturated rings. The molecular weight excluding hydrogens is 303 g/mol. The van der Waals surface area contributed by atoms with Crippen molar-refractivity contribution >= 4 is 5.91 Å². The van der Waals surface area contributed by atoms with E-state index in [2.05, 4.69) is 10.1 Å². The average molecular weight is 315 g/mol. The van der Waals surface area contributed by atoms with Gasteiger partial charge in [0, 0.05) is 13.5 Å². The summed E-state index contributed by atoms with van der Waals surface area (Å²) in [6, 6.07) is 0.383. The van der Waals surface area contributed by atoms with Gasteiger partial charge in [0.05, 0.1) is 12.1 Å². The highest BCUT2D eigenvalue weighted by Crippen LogP contribution is 2.26. The van der Waals surface area contributed by atoms with E-state index in [0.717, 1.165) is 4.90 Å². The molecule has 0 aliphatic rings. The van der Waals surface area contributed by atoms with E-state index in [1.165, 1.54) is 7.05 Å². The summed E-state index contributed by atoms with van der Waals surface area (Å²) < 4.78 is 44.8. The number of aromatic nitrogens is 2. The van der Waals surface area contributed by atoms with Crippen LogP contribution in [-0.2, 0) is 13.0 Å². The zero-order valence-electron chi connectivity index (χ0n) is 11.7. The third-order valence-corrected chi connectivity index (χ3v) is 2.91. The Morgan fingerprint density at radius 3 is 2.64 bits per heavy atom. The van der Waals surface area contributed by atoms with E-state index in [1.54, 1.807) is 0 Å². The molecule has 1 aromatic carbocycles. The molecule has 118 valence electrons. The summed E-state index contributed by atoms with van der Waals surface area (Å²) in [5.41, 5.74) is -0.797. The van der Waals surface area contributed by atoms with Crippen molar-refractivity contribution in [2.75, 3.05) is 7.05 Å². The molecule has 22 heavy (non-hydrogen) atoms. The van der Waals surface area contributed by atoms with Gasteiger partial charge in [-0.2, -0.15) is 9.37 Å². The maximum atomic E-state index is 13.7. The van der Waals surface area contributed by atoms with Crippen LogP contribution >= 0.6 is 0 Å². The largest absolute Gasteiger partial charge is 0.503 e. The van der Waals surface area contributed by atoms with Gasteiger partial charge in [-0.3, -0.25) is 4.79 Å². The van der Waals surface area contributed by atoms with E-state index in [0.29, 0.717) is 18.3 Å². The number of aromatic hydroxyl groups is 1. The fourth-order valence-corrected chi connectivity index (χ4v) is 1.72. The highest BCUT2D eigenvalue weighted by atomic mass is 19.2. The highest BCUT2D eigenvalue weighted by Gasteiger charge is 2.25. The van der Waals surface area contributed by atoms with Crippen LogP contribution in [0.15, 0.2) is 10.6 Å². The van der Waals surface area contributed by atoms with E-state index in [1.807, 2.05) is 6.92 Å². The van der Waals surface area contributed by atoms with Gasteiger partial charge < -0.3 is 14.5 Å². The van der Waals surface area contributed by atoms with Gasteiger partial charge in [0.25, 0.3) is 5.91 Å². The molecule has 1 amide bonds. The van der Waals surface area contributed by atoms with Crippen molar-refractivity contribution < 1.29 is 27.6 Å². The Kier molecular flexibility index (Phi) is 4.34. The van der Waals surface area contributed by atoms with E-state index < -0.39 is 34.7 Å². The first-order chi connectivity index (χ1) is 10.3. The summed E-state index contributed by atoms with van der Waals surface area (Å²) in [5.74, 6) is -6.77. The van der Waals surface area contributed by atoms with E-state index in [-0.39, 0.29) is 12.4 Å². The molecule has 2 rings (SSSR count). The number of hydrogen-bond donors (Lipinski definition) is 1. The molecule has 1 aromatic heterocycles. The Bertz CT molecular complexity index is 718. The zero-order valence-corrected chi connectivity index (χ0v) is 11.7. The summed E-state index contributed by atoms with van der Waals surface area (Å²) >= 11 is 0. The van der Waals surface area contributed by atoms with E-state index in [4.69, 9.17) is 9.63 Å². The molecule has 0 bridgehead atoms. The predicted molar refractivity (Wildman–Crippen MR) is 67.5 cm³/mol. The summed E-state index contributed by atoms with van der Waals surface area (Å²) in [7, 11) is 1.29. The van der Waals surface area contributed by atoms with Crippen LogP contribution in [0, 0.1) is 17.5 Å². The highest BCUT2D eigenvalue weighted by molar-refractivity contribution is 5.94. The molecule has 0 unspecified atom stereocenters. The minimum Gasteiger partial charge on any atom is -0.503 e. The molecule has 2 aromatic rings. The second kappa shape index (κ2) is 6.04. The lowest BCUT2D eigenvalue weighted by atomic mass is 10.1. The number of aryl methyl sites for hydroxylation is 1. The quantitative estimate of drug-likeness (QED) is 0.873. The number of nitrogens with zero attached hydrogens (tertiary/aromatic N) is 3. The lowest BCUT2D eigenvalue weighted by Gasteiger charge is -2.15. The van der Waals surface area contributed by atoms with Gasteiger partial charge in [-0.25, -0.2) is 8.78 Å². The van der Waals surface area contributed by atoms with Crippen LogP contribution in [0.1, 0.15) is 29.0 Å². The number of carbonyl (C=O) groups excluding carboxylic acids is 1. The van der Waals surface area contributed by atoms with Crippen LogP contribution in [0.3, 0.4) is 0 Å². The number of hydrogen-bond acceptors (Lipinski definition) is 5. The van der Waals surface area contributed by atoms with Crippen LogP contribution in [0.2, 0.25) is 0 Å². The Labute approximate surface area is 123 Å². The first-order valence-electron chi connectivity index (χ1n) is 6.28. The normalized spacial score (nSPS) is 10.8. The van der Waals surface area contributed by atoms with Crippen molar-refractivity contribution in [2.24, 2.45) is 0 Å². The summed E-state index contributed by atoms with van der Waals surface area (Å²) in [4.78, 5) is 17.0. The molecule has 9 heteroatoms. The monoisotopic (exact) mass is 315 g/mol. The van der Waals surface area contributed by atoms with Crippen LogP contribution in [0.4, 0.5) is 13.2 Å². The molecule has 0 saturated heterocycles. The van der Waals surface area contributed by atoms with Crippen LogP contribution in [0.25, 0.3) is 0 Å². The first kappa shape index (κ1) is 15.8. The Balaban J connectivity index is 2.24. The number of rotatable bonds is 4. The number of halogens is 3. The Morgan fingerprint density at radius 2 is 2.05 bits per heavy atom. The van der Waals surface area contributed by atoms with Gasteiger partial charge in [-0.05, 0) is 6.07 Å². The van der Waals surface area contributed by atoms with Gasteiger partial charge in [0.15, 0.2) is 23.2 Å². The lowest BCUT2D eigenvalue weighted by Crippen LogP contribution is -2.27. The van der Waals surface area contributed by atoms with Gasteiger partial charge in [-0.1, -0.05) is 12.1 Å². The molecule has 1 heterocycles. The zero-order chi connectivity index (χ0) is 16.4. The van der Waals surface area contributed by atoms with Crippen LogP contribution < -0.4 is 0 Å². The molecule has 0 saturated carbocycles. The maximum Gasteiger partial charge on any atom is 0.257 e. The number of benzene rings is 1. The van der Waals surface area contributed by atoms with Crippen LogP contribution in [0.5, 0.6) is 5.75 Å². The van der Waals surface area contributed by atoms with Crippen LogP contribution in [-0.4, -0.2) is 33.1 Å². The number of phenols is 1. The minimum absolute atomic E-state index is 0.111. The lowest BCUT2D eigenvalue weighted by molar-refractivity contribution is 0.0763. The van der Waals surface area contributed by atoms with Crippen molar-refractivity contribution in [2.45, 2.75) is 19.9 Å². The van der Waals surface area contributed by atoms with Gasteiger partial charge in [0.2, 0.25) is 11.7 Å². The Morgan fingerprint density at radius 1 is 1.36 bits per heavy atom. The molecule has 0 spiro atoms. The van der Waals surface area contributed by atoms with E-state index in [9.17, 15) is 18.0 Å². The summed E-state index contributed by atoms with van der Waals surface area (Å²) in [6.45, 7) is 1.66. The molecule has 0 aliphatic heterocycles. The fraction of sp³-hybridized carbons (Fsp3) is 0.308. The third kappa shape index (κ3) is 2.87. The minimum atomic E-state index is -1.75. The second-order valence-corrected chi connectivity index (χ2v) is 4.50. The van der Waals surface area contributed by atoms with Gasteiger partial charge >= 0.3 is 0 Å². The Hall–Kier alpha value is -2.58. The summed E-state index contributed by atoms with van der Waals surface area (Å²) in [5, 5.41) is 12.8. The predicted octanol–water partition coefficient (Wildman–Crippen LogP) is 2.03. The average Bonchev–Trinajstić information content (AvgIpc) is 2.95. The maximum absolute atomic E-state index is 13.7. The standard InChI is InChI=1S/C13H12F3N3O3/c1-3-8-17-9(22-18-8)5-19(2)13(21)6-4-7(14)11(16)12(20)10(6)15/h4,20H,3,5H2,1-2H3. The van der Waals surface area contributed by atoms with Crippen molar-refractivity contribution in [3.8, 4) is 5.75 Å². The first-order valence-corrected chi connectivity index (χ1v) is 6.28. The van der Waals surface area contributed by atoms with Gasteiger partial charge in [-0.15, -0.1) is 0 Å².